The lowest BCUT2D eigenvalue weighted by Gasteiger charge is -2.10. The van der Waals surface area contributed by atoms with E-state index in [4.69, 9.17) is 4.74 Å². The van der Waals surface area contributed by atoms with Crippen molar-refractivity contribution in [1.82, 2.24) is 5.32 Å². The number of urea groups is 1. The zero-order valence-electron chi connectivity index (χ0n) is 8.60. The van der Waals surface area contributed by atoms with Gasteiger partial charge in [-0.15, -0.1) is 0 Å². The number of anilines is 1. The predicted molar refractivity (Wildman–Crippen MR) is 58.0 cm³/mol. The van der Waals surface area contributed by atoms with Gasteiger partial charge in [0, 0.05) is 12.1 Å². The van der Waals surface area contributed by atoms with E-state index in [2.05, 4.69) is 10.6 Å². The van der Waals surface area contributed by atoms with E-state index in [1.807, 2.05) is 18.2 Å². The Balaban J connectivity index is 1.87. The molecule has 1 aromatic rings. The second-order valence-corrected chi connectivity index (χ2v) is 3.47. The van der Waals surface area contributed by atoms with Crippen molar-refractivity contribution >= 4 is 17.7 Å². The van der Waals surface area contributed by atoms with Gasteiger partial charge in [0.15, 0.2) is 0 Å². The van der Waals surface area contributed by atoms with E-state index in [0.29, 0.717) is 18.7 Å². The highest BCUT2D eigenvalue weighted by Crippen LogP contribution is 2.07. The molecule has 1 saturated heterocycles. The molecule has 2 amide bonds. The lowest BCUT2D eigenvalue weighted by atomic mass is 10.2. The Labute approximate surface area is 92.8 Å². The minimum Gasteiger partial charge on any atom is -0.464 e. The summed E-state index contributed by atoms with van der Waals surface area (Å²) in [6.07, 6.45) is 0.529. The molecule has 84 valence electrons. The van der Waals surface area contributed by atoms with Gasteiger partial charge < -0.3 is 15.4 Å². The van der Waals surface area contributed by atoms with Crippen molar-refractivity contribution in [2.75, 3.05) is 11.9 Å². The van der Waals surface area contributed by atoms with E-state index in [-0.39, 0.29) is 5.97 Å². The van der Waals surface area contributed by atoms with Crippen LogP contribution in [0.3, 0.4) is 0 Å². The molecule has 1 aliphatic heterocycles. The molecule has 0 aromatic heterocycles. The summed E-state index contributed by atoms with van der Waals surface area (Å²) in [6, 6.07) is 8.12. The van der Waals surface area contributed by atoms with Gasteiger partial charge in [0.2, 0.25) is 0 Å². The maximum absolute atomic E-state index is 11.5. The van der Waals surface area contributed by atoms with Crippen LogP contribution < -0.4 is 10.6 Å². The van der Waals surface area contributed by atoms with Crippen LogP contribution in [-0.4, -0.2) is 24.6 Å². The summed E-state index contributed by atoms with van der Waals surface area (Å²) >= 11 is 0. The molecule has 1 aliphatic rings. The lowest BCUT2D eigenvalue weighted by molar-refractivity contribution is -0.139. The van der Waals surface area contributed by atoms with Gasteiger partial charge in [-0.05, 0) is 12.1 Å². The molecule has 0 spiro atoms. The van der Waals surface area contributed by atoms with E-state index in [0.717, 1.165) is 0 Å². The third-order valence-electron chi connectivity index (χ3n) is 2.27. The van der Waals surface area contributed by atoms with Gasteiger partial charge in [-0.25, -0.2) is 9.59 Å². The topological polar surface area (TPSA) is 67.4 Å². The van der Waals surface area contributed by atoms with E-state index in [9.17, 15) is 9.59 Å². The second-order valence-electron chi connectivity index (χ2n) is 3.47. The van der Waals surface area contributed by atoms with Gasteiger partial charge in [0.1, 0.15) is 6.04 Å². The summed E-state index contributed by atoms with van der Waals surface area (Å²) in [4.78, 5) is 22.6. The molecule has 0 saturated carbocycles. The molecule has 1 atom stereocenters. The molecular formula is C11H12N2O3. The number of para-hydroxylation sites is 1. The third-order valence-corrected chi connectivity index (χ3v) is 2.27. The number of carbonyl (C=O) groups excluding carboxylic acids is 2. The number of benzene rings is 1. The van der Waals surface area contributed by atoms with Gasteiger partial charge in [-0.1, -0.05) is 18.2 Å². The van der Waals surface area contributed by atoms with Crippen LogP contribution in [-0.2, 0) is 9.53 Å². The second kappa shape index (κ2) is 4.65. The molecule has 5 heteroatoms. The predicted octanol–water partition coefficient (Wildman–Crippen LogP) is 1.12. The largest absolute Gasteiger partial charge is 0.464 e. The molecular weight excluding hydrogens is 208 g/mol. The molecule has 1 unspecified atom stereocenters. The molecule has 16 heavy (non-hydrogen) atoms. The molecule has 1 heterocycles. The minimum absolute atomic E-state index is 0.370. The Morgan fingerprint density at radius 3 is 2.69 bits per heavy atom. The number of rotatable bonds is 2. The Kier molecular flexibility index (Phi) is 3.05. The van der Waals surface area contributed by atoms with E-state index in [1.165, 1.54) is 0 Å². The highest BCUT2D eigenvalue weighted by atomic mass is 16.5. The van der Waals surface area contributed by atoms with Gasteiger partial charge in [-0.3, -0.25) is 0 Å². The van der Waals surface area contributed by atoms with Crippen LogP contribution in [0.15, 0.2) is 30.3 Å². The first-order chi connectivity index (χ1) is 7.75. The summed E-state index contributed by atoms with van der Waals surface area (Å²) in [6.45, 7) is 0.370. The van der Waals surface area contributed by atoms with Gasteiger partial charge >= 0.3 is 12.0 Å². The lowest BCUT2D eigenvalue weighted by Crippen LogP contribution is -2.40. The minimum atomic E-state index is -0.524. The fourth-order valence-electron chi connectivity index (χ4n) is 1.47. The highest BCUT2D eigenvalue weighted by molar-refractivity contribution is 5.92. The monoisotopic (exact) mass is 220 g/mol. The fraction of sp³-hybridized carbons (Fsp3) is 0.273. The number of hydrogen-bond acceptors (Lipinski definition) is 3. The molecule has 0 radical (unpaired) electrons. The van der Waals surface area contributed by atoms with Crippen LogP contribution in [0.5, 0.6) is 0 Å². The van der Waals surface area contributed by atoms with Crippen molar-refractivity contribution in [3.63, 3.8) is 0 Å². The maximum Gasteiger partial charge on any atom is 0.328 e. The van der Waals surface area contributed by atoms with E-state index in [1.54, 1.807) is 12.1 Å². The van der Waals surface area contributed by atoms with E-state index < -0.39 is 12.1 Å². The number of amides is 2. The van der Waals surface area contributed by atoms with Crippen LogP contribution in [0.25, 0.3) is 0 Å². The van der Waals surface area contributed by atoms with Crippen LogP contribution in [0.1, 0.15) is 6.42 Å². The quantitative estimate of drug-likeness (QED) is 0.734. The van der Waals surface area contributed by atoms with Crippen molar-refractivity contribution in [3.8, 4) is 0 Å². The molecule has 5 nitrogen and oxygen atoms in total. The molecule has 0 bridgehead atoms. The van der Waals surface area contributed by atoms with Crippen LogP contribution in [0, 0.1) is 0 Å². The Bertz CT molecular complexity index is 391. The molecule has 2 N–H and O–H groups in total. The zero-order valence-corrected chi connectivity index (χ0v) is 8.60. The van der Waals surface area contributed by atoms with Crippen LogP contribution >= 0.6 is 0 Å². The average molecular weight is 220 g/mol. The van der Waals surface area contributed by atoms with Crippen LogP contribution in [0.2, 0.25) is 0 Å². The first-order valence-corrected chi connectivity index (χ1v) is 5.05. The standard InChI is InChI=1S/C11H12N2O3/c14-10-9(6-7-16-10)13-11(15)12-8-4-2-1-3-5-8/h1-5,9H,6-7H2,(H2,12,13,15). The van der Waals surface area contributed by atoms with Crippen molar-refractivity contribution in [3.05, 3.63) is 30.3 Å². The number of ether oxygens (including phenoxy) is 1. The first-order valence-electron chi connectivity index (χ1n) is 5.05. The van der Waals surface area contributed by atoms with Gasteiger partial charge in [0.05, 0.1) is 6.61 Å². The van der Waals surface area contributed by atoms with Gasteiger partial charge in [0.25, 0.3) is 0 Å². The SMILES string of the molecule is O=C(Nc1ccccc1)NC1CCOC1=O. The normalized spacial score (nSPS) is 19.0. The maximum atomic E-state index is 11.5. The molecule has 2 rings (SSSR count). The summed E-state index contributed by atoms with van der Waals surface area (Å²) < 4.78 is 4.74. The van der Waals surface area contributed by atoms with Gasteiger partial charge in [-0.2, -0.15) is 0 Å². The number of esters is 1. The summed E-state index contributed by atoms with van der Waals surface area (Å²) in [5, 5.41) is 5.18. The summed E-state index contributed by atoms with van der Waals surface area (Å²) in [5.74, 6) is -0.372. The summed E-state index contributed by atoms with van der Waals surface area (Å²) in [7, 11) is 0. The van der Waals surface area contributed by atoms with Crippen molar-refractivity contribution in [1.29, 1.82) is 0 Å². The third kappa shape index (κ3) is 2.50. The summed E-state index contributed by atoms with van der Waals surface area (Å²) in [5.41, 5.74) is 0.686. The van der Waals surface area contributed by atoms with Crippen molar-refractivity contribution in [2.45, 2.75) is 12.5 Å². The molecule has 1 aromatic carbocycles. The van der Waals surface area contributed by atoms with Crippen LogP contribution in [0.4, 0.5) is 10.5 Å². The number of carbonyl (C=O) groups is 2. The van der Waals surface area contributed by atoms with Crippen molar-refractivity contribution in [2.24, 2.45) is 0 Å². The van der Waals surface area contributed by atoms with Crippen molar-refractivity contribution < 1.29 is 14.3 Å². The average Bonchev–Trinajstić information content (AvgIpc) is 2.66. The smallest absolute Gasteiger partial charge is 0.328 e. The Hall–Kier alpha value is -2.04. The van der Waals surface area contributed by atoms with E-state index >= 15 is 0 Å². The Morgan fingerprint density at radius 1 is 1.31 bits per heavy atom. The first kappa shape index (κ1) is 10.5. The number of nitrogens with one attached hydrogen (secondary N) is 2. The number of hydrogen-bond donors (Lipinski definition) is 2. The highest BCUT2D eigenvalue weighted by Gasteiger charge is 2.27. The fourth-order valence-corrected chi connectivity index (χ4v) is 1.47. The molecule has 0 aliphatic carbocycles. The number of cyclic esters (lactones) is 1. The Morgan fingerprint density at radius 2 is 2.06 bits per heavy atom. The zero-order chi connectivity index (χ0) is 11.4. The molecule has 1 fully saturated rings.